The zero-order chi connectivity index (χ0) is 22.4. The van der Waals surface area contributed by atoms with E-state index in [-0.39, 0.29) is 36.7 Å². The van der Waals surface area contributed by atoms with Crippen molar-refractivity contribution >= 4 is 12.0 Å². The summed E-state index contributed by atoms with van der Waals surface area (Å²) in [5, 5.41) is 2.73. The van der Waals surface area contributed by atoms with Gasteiger partial charge < -0.3 is 14.8 Å². The molecule has 1 saturated heterocycles. The van der Waals surface area contributed by atoms with Gasteiger partial charge >= 0.3 is 6.09 Å². The molecular formula is C25H38N2O4. The summed E-state index contributed by atoms with van der Waals surface area (Å²) in [5.74, 6) is 0.404. The number of carbonyl (C=O) groups is 2. The second-order valence-corrected chi connectivity index (χ2v) is 9.57. The highest BCUT2D eigenvalue weighted by molar-refractivity contribution is 5.78. The van der Waals surface area contributed by atoms with Crippen molar-refractivity contribution in [3.8, 4) is 0 Å². The Morgan fingerprint density at radius 1 is 1.19 bits per heavy atom. The highest BCUT2D eigenvalue weighted by atomic mass is 16.6. The van der Waals surface area contributed by atoms with Crippen molar-refractivity contribution in [2.45, 2.75) is 90.2 Å². The van der Waals surface area contributed by atoms with Crippen LogP contribution in [0.2, 0.25) is 0 Å². The molecule has 0 unspecified atom stereocenters. The number of nitrogens with zero attached hydrogens (tertiary/aromatic N) is 1. The number of amides is 2. The highest BCUT2D eigenvalue weighted by Crippen LogP contribution is 2.40. The van der Waals surface area contributed by atoms with Crippen LogP contribution in [0.5, 0.6) is 0 Å². The van der Waals surface area contributed by atoms with Gasteiger partial charge in [-0.1, -0.05) is 69.4 Å². The molecule has 1 aromatic rings. The molecule has 0 bridgehead atoms. The lowest BCUT2D eigenvalue weighted by Crippen LogP contribution is -2.49. The Hall–Kier alpha value is -2.08. The number of carbonyl (C=O) groups excluding carboxylic acids is 2. The van der Waals surface area contributed by atoms with Crippen LogP contribution in [0, 0.1) is 11.8 Å². The number of rotatable bonds is 7. The second-order valence-electron chi connectivity index (χ2n) is 9.57. The van der Waals surface area contributed by atoms with Gasteiger partial charge in [0.1, 0.15) is 12.3 Å². The highest BCUT2D eigenvalue weighted by Gasteiger charge is 2.51. The molecule has 3 atom stereocenters. The molecule has 1 heterocycles. The molecule has 6 heteroatoms. The zero-order valence-corrected chi connectivity index (χ0v) is 19.4. The summed E-state index contributed by atoms with van der Waals surface area (Å²) in [5.41, 5.74) is 0.183. The van der Waals surface area contributed by atoms with E-state index in [9.17, 15) is 9.59 Å². The molecular weight excluding hydrogens is 392 g/mol. The van der Waals surface area contributed by atoms with Gasteiger partial charge in [0.05, 0.1) is 12.1 Å². The third kappa shape index (κ3) is 6.00. The van der Waals surface area contributed by atoms with Crippen molar-refractivity contribution in [1.82, 2.24) is 10.2 Å². The molecule has 1 N–H and O–H groups in total. The maximum atomic E-state index is 13.3. The Morgan fingerprint density at radius 2 is 1.87 bits per heavy atom. The summed E-state index contributed by atoms with van der Waals surface area (Å²) in [6.07, 6.45) is 7.14. The van der Waals surface area contributed by atoms with Crippen LogP contribution in [0.4, 0.5) is 4.79 Å². The van der Waals surface area contributed by atoms with Gasteiger partial charge in [-0.15, -0.1) is 0 Å². The molecule has 0 radical (unpaired) electrons. The van der Waals surface area contributed by atoms with Gasteiger partial charge in [-0.3, -0.25) is 9.69 Å². The smallest absolute Gasteiger partial charge is 0.412 e. The Balaban J connectivity index is 1.76. The van der Waals surface area contributed by atoms with Crippen molar-refractivity contribution in [3.63, 3.8) is 0 Å². The van der Waals surface area contributed by atoms with Crippen molar-refractivity contribution in [2.75, 3.05) is 7.05 Å². The summed E-state index contributed by atoms with van der Waals surface area (Å²) in [6, 6.07) is 9.63. The molecule has 1 aromatic carbocycles. The number of benzene rings is 1. The van der Waals surface area contributed by atoms with E-state index in [4.69, 9.17) is 9.47 Å². The summed E-state index contributed by atoms with van der Waals surface area (Å²) in [4.78, 5) is 27.2. The van der Waals surface area contributed by atoms with Crippen LogP contribution in [0.3, 0.4) is 0 Å². The van der Waals surface area contributed by atoms with Crippen LogP contribution in [0.1, 0.15) is 71.3 Å². The molecule has 2 fully saturated rings. The van der Waals surface area contributed by atoms with E-state index < -0.39 is 5.72 Å². The van der Waals surface area contributed by atoms with Gasteiger partial charge in [-0.2, -0.15) is 0 Å². The Morgan fingerprint density at radius 3 is 2.52 bits per heavy atom. The average molecular weight is 431 g/mol. The Kier molecular flexibility index (Phi) is 7.98. The number of nitrogens with one attached hydrogen (secondary N) is 1. The molecule has 31 heavy (non-hydrogen) atoms. The quantitative estimate of drug-likeness (QED) is 0.670. The van der Waals surface area contributed by atoms with Crippen molar-refractivity contribution in [2.24, 2.45) is 11.8 Å². The van der Waals surface area contributed by atoms with Crippen LogP contribution < -0.4 is 5.32 Å². The number of ether oxygens (including phenoxy) is 2. The molecule has 6 nitrogen and oxygen atoms in total. The molecule has 172 valence electrons. The molecule has 1 aliphatic heterocycles. The predicted molar refractivity (Wildman–Crippen MR) is 120 cm³/mol. The lowest BCUT2D eigenvalue weighted by atomic mass is 9.82. The molecule has 0 aromatic heterocycles. The van der Waals surface area contributed by atoms with Gasteiger partial charge in [-0.25, -0.2) is 4.79 Å². The summed E-state index contributed by atoms with van der Waals surface area (Å²) < 4.78 is 12.1. The van der Waals surface area contributed by atoms with E-state index in [1.54, 1.807) is 11.9 Å². The molecule has 2 amide bonds. The van der Waals surface area contributed by atoms with Gasteiger partial charge in [0.2, 0.25) is 5.91 Å². The molecule has 1 saturated carbocycles. The fourth-order valence-electron chi connectivity index (χ4n) is 5.14. The zero-order valence-electron chi connectivity index (χ0n) is 19.4. The molecule has 1 aliphatic carbocycles. The van der Waals surface area contributed by atoms with E-state index >= 15 is 0 Å². The summed E-state index contributed by atoms with van der Waals surface area (Å²) in [7, 11) is 1.66. The lowest BCUT2D eigenvalue weighted by molar-refractivity contribution is -0.126. The van der Waals surface area contributed by atoms with Crippen LogP contribution in [0.15, 0.2) is 30.3 Å². The van der Waals surface area contributed by atoms with E-state index in [2.05, 4.69) is 5.32 Å². The maximum absolute atomic E-state index is 13.3. The summed E-state index contributed by atoms with van der Waals surface area (Å²) >= 11 is 0. The third-order valence-electron chi connectivity index (χ3n) is 6.76. The first-order valence-electron chi connectivity index (χ1n) is 11.7. The van der Waals surface area contributed by atoms with Gasteiger partial charge in [0, 0.05) is 13.0 Å². The van der Waals surface area contributed by atoms with Crippen molar-refractivity contribution in [3.05, 3.63) is 35.9 Å². The first-order chi connectivity index (χ1) is 14.8. The number of hydrogen-bond acceptors (Lipinski definition) is 4. The maximum Gasteiger partial charge on any atom is 0.412 e. The third-order valence-corrected chi connectivity index (χ3v) is 6.76. The van der Waals surface area contributed by atoms with Gasteiger partial charge in [-0.05, 0) is 38.2 Å². The fraction of sp³-hybridized carbons (Fsp3) is 0.680. The van der Waals surface area contributed by atoms with Gasteiger partial charge in [0.25, 0.3) is 0 Å². The summed E-state index contributed by atoms with van der Waals surface area (Å²) in [6.45, 7) is 6.01. The minimum Gasteiger partial charge on any atom is -0.444 e. The monoisotopic (exact) mass is 430 g/mol. The first-order valence-corrected chi connectivity index (χ1v) is 11.7. The van der Waals surface area contributed by atoms with E-state index in [1.165, 1.54) is 32.1 Å². The van der Waals surface area contributed by atoms with Crippen LogP contribution in [-0.4, -0.2) is 41.8 Å². The lowest BCUT2D eigenvalue weighted by Gasteiger charge is -2.35. The molecule has 2 aliphatic rings. The average Bonchev–Trinajstić information content (AvgIpc) is 3.01. The van der Waals surface area contributed by atoms with Crippen molar-refractivity contribution in [1.29, 1.82) is 0 Å². The minimum atomic E-state index is -0.778. The van der Waals surface area contributed by atoms with Crippen LogP contribution in [0.25, 0.3) is 0 Å². The van der Waals surface area contributed by atoms with Crippen LogP contribution in [-0.2, 0) is 20.9 Å². The SMILES string of the molecule is CNC(=O)[C@@H](C)C[C@@H]1OC(C)(C)N(C(=O)OCc2ccccc2)[C@H]1CC1CCCCC1. The van der Waals surface area contributed by atoms with E-state index in [0.717, 1.165) is 12.0 Å². The fourth-order valence-corrected chi connectivity index (χ4v) is 5.14. The Bertz CT molecular complexity index is 730. The largest absolute Gasteiger partial charge is 0.444 e. The Labute approximate surface area is 186 Å². The minimum absolute atomic E-state index is 0.00271. The molecule has 0 spiro atoms. The topological polar surface area (TPSA) is 67.9 Å². The standard InChI is InChI=1S/C25H38N2O4/c1-18(23(28)26-4)15-22-21(16-19-11-7-5-8-12-19)27(25(2,3)31-22)24(29)30-17-20-13-9-6-10-14-20/h6,9-10,13-14,18-19,21-22H,5,7-8,11-12,15-17H2,1-4H3,(H,26,28)/t18-,21-,22-/m0/s1. The predicted octanol–water partition coefficient (Wildman–Crippen LogP) is 4.87. The van der Waals surface area contributed by atoms with Crippen molar-refractivity contribution < 1.29 is 19.1 Å². The second kappa shape index (κ2) is 10.5. The molecule has 3 rings (SSSR count). The van der Waals surface area contributed by atoms with E-state index in [0.29, 0.717) is 12.3 Å². The van der Waals surface area contributed by atoms with Gasteiger partial charge in [0.15, 0.2) is 0 Å². The van der Waals surface area contributed by atoms with Crippen LogP contribution >= 0.6 is 0 Å². The number of hydrogen-bond donors (Lipinski definition) is 1. The normalized spacial score (nSPS) is 24.6. The first kappa shape index (κ1) is 23.6. The van der Waals surface area contributed by atoms with E-state index in [1.807, 2.05) is 51.1 Å².